The zero-order valence-electron chi connectivity index (χ0n) is 12.1. The molecular formula is C15H23NO4S. The van der Waals surface area contributed by atoms with Gasteiger partial charge in [0, 0.05) is 6.54 Å². The first-order chi connectivity index (χ1) is 10.1. The molecule has 6 heteroatoms. The maximum Gasteiger partial charge on any atom is 0.215 e. The van der Waals surface area contributed by atoms with E-state index in [0.717, 1.165) is 18.4 Å². The molecule has 0 aromatic heterocycles. The van der Waals surface area contributed by atoms with Crippen LogP contribution in [-0.4, -0.2) is 32.8 Å². The lowest BCUT2D eigenvalue weighted by Crippen LogP contribution is -2.29. The first-order valence-corrected chi connectivity index (χ1v) is 9.02. The van der Waals surface area contributed by atoms with Gasteiger partial charge in [-0.05, 0) is 24.0 Å². The number of sulfonamides is 1. The highest BCUT2D eigenvalue weighted by Gasteiger charge is 2.16. The third kappa shape index (κ3) is 5.74. The lowest BCUT2D eigenvalue weighted by molar-refractivity contribution is 0.0626. The standard InChI is InChI=1S/C15H23NO4S/c17-11-13-5-7-14(8-6-13)12-21(18,19)16-9-10-20-15-3-1-2-4-15/h5-8,15-17H,1-4,9-12H2. The summed E-state index contributed by atoms with van der Waals surface area (Å²) in [4.78, 5) is 0. The molecule has 0 heterocycles. The summed E-state index contributed by atoms with van der Waals surface area (Å²) in [6.45, 7) is 0.699. The van der Waals surface area contributed by atoms with Crippen LogP contribution in [0.5, 0.6) is 0 Å². The molecule has 1 saturated carbocycles. The van der Waals surface area contributed by atoms with E-state index >= 15 is 0 Å². The summed E-state index contributed by atoms with van der Waals surface area (Å²) in [7, 11) is -3.34. The zero-order valence-corrected chi connectivity index (χ0v) is 12.9. The molecule has 0 bridgehead atoms. The first-order valence-electron chi connectivity index (χ1n) is 7.37. The fraction of sp³-hybridized carbons (Fsp3) is 0.600. The number of hydrogen-bond acceptors (Lipinski definition) is 4. The molecule has 2 N–H and O–H groups in total. The highest BCUT2D eigenvalue weighted by molar-refractivity contribution is 7.88. The number of hydrogen-bond donors (Lipinski definition) is 2. The fourth-order valence-electron chi connectivity index (χ4n) is 2.49. The Morgan fingerprint density at radius 1 is 1.14 bits per heavy atom. The van der Waals surface area contributed by atoms with Crippen LogP contribution in [0.3, 0.4) is 0 Å². The van der Waals surface area contributed by atoms with E-state index in [1.165, 1.54) is 12.8 Å². The van der Waals surface area contributed by atoms with Gasteiger partial charge in [0.15, 0.2) is 0 Å². The highest BCUT2D eigenvalue weighted by atomic mass is 32.2. The molecular weight excluding hydrogens is 290 g/mol. The molecule has 0 atom stereocenters. The normalized spacial score (nSPS) is 16.4. The number of aliphatic hydroxyl groups excluding tert-OH is 1. The van der Waals surface area contributed by atoms with Gasteiger partial charge in [0.25, 0.3) is 0 Å². The van der Waals surface area contributed by atoms with Crippen molar-refractivity contribution in [2.75, 3.05) is 13.2 Å². The number of ether oxygens (including phenoxy) is 1. The van der Waals surface area contributed by atoms with E-state index in [0.29, 0.717) is 24.8 Å². The Labute approximate surface area is 126 Å². The van der Waals surface area contributed by atoms with Gasteiger partial charge in [0.1, 0.15) is 0 Å². The molecule has 21 heavy (non-hydrogen) atoms. The van der Waals surface area contributed by atoms with Gasteiger partial charge in [-0.2, -0.15) is 0 Å². The summed E-state index contributed by atoms with van der Waals surface area (Å²) in [5.41, 5.74) is 1.48. The lowest BCUT2D eigenvalue weighted by atomic mass is 10.2. The fourth-order valence-corrected chi connectivity index (χ4v) is 3.62. The van der Waals surface area contributed by atoms with Crippen LogP contribution in [0.4, 0.5) is 0 Å². The molecule has 1 aromatic rings. The second-order valence-corrected chi connectivity index (χ2v) is 7.21. The predicted octanol–water partition coefficient (Wildman–Crippen LogP) is 1.56. The largest absolute Gasteiger partial charge is 0.392 e. The van der Waals surface area contributed by atoms with Crippen molar-refractivity contribution in [3.8, 4) is 0 Å². The van der Waals surface area contributed by atoms with Crippen molar-refractivity contribution in [3.05, 3.63) is 35.4 Å². The first kappa shape index (κ1) is 16.4. The smallest absolute Gasteiger partial charge is 0.215 e. The Morgan fingerprint density at radius 2 is 1.76 bits per heavy atom. The highest BCUT2D eigenvalue weighted by Crippen LogP contribution is 2.20. The summed E-state index contributed by atoms with van der Waals surface area (Å²) in [6.07, 6.45) is 4.90. The molecule has 1 aliphatic carbocycles. The molecule has 2 rings (SSSR count). The number of rotatable bonds is 8. The third-order valence-corrected chi connectivity index (χ3v) is 5.00. The molecule has 1 fully saturated rings. The Hall–Kier alpha value is -0.950. The molecule has 0 amide bonds. The Bertz CT molecular complexity index is 521. The van der Waals surface area contributed by atoms with Crippen molar-refractivity contribution in [1.82, 2.24) is 4.72 Å². The number of nitrogens with one attached hydrogen (secondary N) is 1. The van der Waals surface area contributed by atoms with Crippen molar-refractivity contribution < 1.29 is 18.3 Å². The van der Waals surface area contributed by atoms with Gasteiger partial charge in [-0.25, -0.2) is 13.1 Å². The van der Waals surface area contributed by atoms with Crippen LogP contribution in [0, 0.1) is 0 Å². The van der Waals surface area contributed by atoms with Gasteiger partial charge in [0.05, 0.1) is 25.1 Å². The monoisotopic (exact) mass is 313 g/mol. The van der Waals surface area contributed by atoms with Crippen molar-refractivity contribution in [1.29, 1.82) is 0 Å². The van der Waals surface area contributed by atoms with Gasteiger partial charge in [-0.15, -0.1) is 0 Å². The van der Waals surface area contributed by atoms with Gasteiger partial charge < -0.3 is 9.84 Å². The predicted molar refractivity (Wildman–Crippen MR) is 81.2 cm³/mol. The molecule has 0 spiro atoms. The maximum atomic E-state index is 11.9. The number of benzene rings is 1. The SMILES string of the molecule is O=S(=O)(Cc1ccc(CO)cc1)NCCOC1CCCC1. The molecule has 0 saturated heterocycles. The number of aliphatic hydroxyl groups is 1. The summed E-state index contributed by atoms with van der Waals surface area (Å²) in [6, 6.07) is 6.90. The Balaban J connectivity index is 1.72. The van der Waals surface area contributed by atoms with Crippen molar-refractivity contribution in [3.63, 3.8) is 0 Å². The summed E-state index contributed by atoms with van der Waals surface area (Å²) in [5.74, 6) is -0.0534. The average molecular weight is 313 g/mol. The molecule has 0 unspecified atom stereocenters. The van der Waals surface area contributed by atoms with Gasteiger partial charge >= 0.3 is 0 Å². The maximum absolute atomic E-state index is 11.9. The molecule has 0 radical (unpaired) electrons. The minimum absolute atomic E-state index is 0.0379. The minimum atomic E-state index is -3.34. The molecule has 5 nitrogen and oxygen atoms in total. The molecule has 0 aliphatic heterocycles. The average Bonchev–Trinajstić information content (AvgIpc) is 2.97. The second-order valence-electron chi connectivity index (χ2n) is 5.41. The third-order valence-electron chi connectivity index (χ3n) is 3.64. The van der Waals surface area contributed by atoms with E-state index in [4.69, 9.17) is 9.84 Å². The topological polar surface area (TPSA) is 75.6 Å². The van der Waals surface area contributed by atoms with Crippen molar-refractivity contribution >= 4 is 10.0 Å². The van der Waals surface area contributed by atoms with Crippen molar-refractivity contribution in [2.45, 2.75) is 44.1 Å². The van der Waals surface area contributed by atoms with E-state index in [1.54, 1.807) is 24.3 Å². The van der Waals surface area contributed by atoms with E-state index in [9.17, 15) is 8.42 Å². The summed E-state index contributed by atoms with van der Waals surface area (Å²) >= 11 is 0. The molecule has 1 aliphatic rings. The van der Waals surface area contributed by atoms with Crippen LogP contribution in [0.1, 0.15) is 36.8 Å². The second kappa shape index (κ2) is 7.89. The zero-order chi connectivity index (χ0) is 15.1. The van der Waals surface area contributed by atoms with E-state index < -0.39 is 10.0 Å². The Morgan fingerprint density at radius 3 is 2.38 bits per heavy atom. The van der Waals surface area contributed by atoms with Crippen LogP contribution in [0.25, 0.3) is 0 Å². The summed E-state index contributed by atoms with van der Waals surface area (Å²) in [5, 5.41) is 8.95. The molecule has 1 aromatic carbocycles. The van der Waals surface area contributed by atoms with Crippen LogP contribution < -0.4 is 4.72 Å². The summed E-state index contributed by atoms with van der Waals surface area (Å²) < 4.78 is 32.1. The van der Waals surface area contributed by atoms with Crippen LogP contribution >= 0.6 is 0 Å². The lowest BCUT2D eigenvalue weighted by Gasteiger charge is -2.12. The molecule has 118 valence electrons. The van der Waals surface area contributed by atoms with Crippen LogP contribution in [-0.2, 0) is 27.1 Å². The van der Waals surface area contributed by atoms with Crippen LogP contribution in [0.2, 0.25) is 0 Å². The van der Waals surface area contributed by atoms with E-state index in [1.807, 2.05) is 0 Å². The van der Waals surface area contributed by atoms with Gasteiger partial charge in [-0.3, -0.25) is 0 Å². The van der Waals surface area contributed by atoms with Crippen LogP contribution in [0.15, 0.2) is 24.3 Å². The van der Waals surface area contributed by atoms with Gasteiger partial charge in [0.2, 0.25) is 10.0 Å². The van der Waals surface area contributed by atoms with E-state index in [-0.39, 0.29) is 12.4 Å². The van der Waals surface area contributed by atoms with Crippen molar-refractivity contribution in [2.24, 2.45) is 0 Å². The van der Waals surface area contributed by atoms with E-state index in [2.05, 4.69) is 4.72 Å². The minimum Gasteiger partial charge on any atom is -0.392 e. The van der Waals surface area contributed by atoms with Gasteiger partial charge in [-0.1, -0.05) is 37.1 Å². The Kier molecular flexibility index (Phi) is 6.17. The quantitative estimate of drug-likeness (QED) is 0.714.